The lowest BCUT2D eigenvalue weighted by molar-refractivity contribution is -0.137. The molecule has 0 aromatic heterocycles. The van der Waals surface area contributed by atoms with Crippen molar-refractivity contribution in [3.05, 3.63) is 22.1 Å². The minimum Gasteiger partial charge on any atom is -0.466 e. The first-order chi connectivity index (χ1) is 7.10. The van der Waals surface area contributed by atoms with Crippen LogP contribution in [0.4, 0.5) is 0 Å². The molecule has 0 saturated carbocycles. The number of ether oxygens (including phenoxy) is 1. The Kier molecular flexibility index (Phi) is 3.68. The average Bonchev–Trinajstić information content (AvgIpc) is 2.23. The maximum absolute atomic E-state index is 11.2. The summed E-state index contributed by atoms with van der Waals surface area (Å²) >= 11 is 0. The number of carbonyl (C=O) groups is 1. The summed E-state index contributed by atoms with van der Waals surface area (Å²) < 4.78 is 4.46. The second kappa shape index (κ2) is 4.79. The molecule has 0 aliphatic heterocycles. The molecule has 0 spiro atoms. The highest BCUT2D eigenvalue weighted by atomic mass is 16.5. The molecule has 3 atom stereocenters. The molecular weight excluding hydrogens is 202 g/mol. The zero-order chi connectivity index (χ0) is 11.4. The fourth-order valence-electron chi connectivity index (χ4n) is 1.39. The molecule has 0 fully saturated rings. The Bertz CT molecular complexity index is 335. The van der Waals surface area contributed by atoms with Gasteiger partial charge in [-0.15, -0.1) is 0 Å². The molecule has 0 bridgehead atoms. The van der Waals surface area contributed by atoms with Crippen molar-refractivity contribution in [3.8, 4) is 0 Å². The van der Waals surface area contributed by atoms with E-state index >= 15 is 0 Å². The first-order valence-corrected chi connectivity index (χ1v) is 4.29. The van der Waals surface area contributed by atoms with E-state index < -0.39 is 24.2 Å². The fourth-order valence-corrected chi connectivity index (χ4v) is 1.39. The van der Waals surface area contributed by atoms with Crippen LogP contribution in [-0.4, -0.2) is 41.5 Å². The van der Waals surface area contributed by atoms with E-state index in [2.05, 4.69) is 14.8 Å². The van der Waals surface area contributed by atoms with E-state index in [1.807, 2.05) is 0 Å². The van der Waals surface area contributed by atoms with Crippen LogP contribution < -0.4 is 0 Å². The van der Waals surface area contributed by atoms with Gasteiger partial charge in [-0.1, -0.05) is 11.2 Å². The molecule has 7 heteroatoms. The zero-order valence-corrected chi connectivity index (χ0v) is 8.07. The third kappa shape index (κ3) is 2.47. The second-order valence-corrected chi connectivity index (χ2v) is 3.14. The Labute approximate surface area is 85.6 Å². The largest absolute Gasteiger partial charge is 0.466 e. The highest BCUT2D eigenvalue weighted by Gasteiger charge is 2.32. The maximum Gasteiger partial charge on any atom is 0.333 e. The Balaban J connectivity index is 2.95. The number of rotatable bonds is 2. The summed E-state index contributed by atoms with van der Waals surface area (Å²) in [6.07, 6.45) is -1.01. The van der Waals surface area contributed by atoms with Gasteiger partial charge in [0.2, 0.25) is 0 Å². The lowest BCUT2D eigenvalue weighted by atomic mass is 9.91. The summed E-state index contributed by atoms with van der Waals surface area (Å²) in [6.45, 7) is 0. The lowest BCUT2D eigenvalue weighted by Crippen LogP contribution is -2.40. The number of carbonyl (C=O) groups excluding carboxylic acids is 1. The fraction of sp³-hybridized carbons (Fsp3) is 0.625. The summed E-state index contributed by atoms with van der Waals surface area (Å²) in [7, 11) is 1.21. The summed E-state index contributed by atoms with van der Waals surface area (Å²) in [4.78, 5) is 13.7. The molecule has 0 radical (unpaired) electrons. The Morgan fingerprint density at radius 1 is 1.73 bits per heavy atom. The van der Waals surface area contributed by atoms with Crippen LogP contribution in [0.2, 0.25) is 0 Å². The first kappa shape index (κ1) is 11.5. The lowest BCUT2D eigenvalue weighted by Gasteiger charge is -2.27. The van der Waals surface area contributed by atoms with Crippen LogP contribution in [0.3, 0.4) is 0 Å². The summed E-state index contributed by atoms with van der Waals surface area (Å²) in [5.74, 6) is -0.598. The topological polar surface area (TPSA) is 116 Å². The van der Waals surface area contributed by atoms with E-state index in [9.17, 15) is 15.0 Å². The van der Waals surface area contributed by atoms with Gasteiger partial charge in [0, 0.05) is 16.9 Å². The van der Waals surface area contributed by atoms with E-state index in [1.165, 1.54) is 13.2 Å². The normalized spacial score (nSPS) is 30.1. The molecule has 0 aromatic carbocycles. The van der Waals surface area contributed by atoms with Crippen LogP contribution in [-0.2, 0) is 9.53 Å². The van der Waals surface area contributed by atoms with Gasteiger partial charge in [-0.05, 0) is 5.53 Å². The van der Waals surface area contributed by atoms with Crippen LogP contribution in [0.5, 0.6) is 0 Å². The number of azide groups is 1. The number of nitrogens with zero attached hydrogens (tertiary/aromatic N) is 3. The summed E-state index contributed by atoms with van der Waals surface area (Å²) in [5.41, 5.74) is 8.43. The van der Waals surface area contributed by atoms with Gasteiger partial charge in [0.15, 0.2) is 0 Å². The van der Waals surface area contributed by atoms with E-state index in [4.69, 9.17) is 5.53 Å². The maximum atomic E-state index is 11.2. The minimum absolute atomic E-state index is 0.00864. The molecule has 0 saturated heterocycles. The Morgan fingerprint density at radius 3 is 2.93 bits per heavy atom. The number of hydrogen-bond acceptors (Lipinski definition) is 5. The number of hydrogen-bond donors (Lipinski definition) is 2. The predicted molar refractivity (Wildman–Crippen MR) is 49.7 cm³/mol. The molecular formula is C8H11N3O4. The van der Waals surface area contributed by atoms with Crippen LogP contribution in [0.25, 0.3) is 10.4 Å². The number of methoxy groups -OCH3 is 1. The van der Waals surface area contributed by atoms with Gasteiger partial charge < -0.3 is 14.9 Å². The van der Waals surface area contributed by atoms with Crippen LogP contribution >= 0.6 is 0 Å². The van der Waals surface area contributed by atoms with Gasteiger partial charge in [-0.25, -0.2) is 4.79 Å². The molecule has 82 valence electrons. The molecule has 0 aromatic rings. The first-order valence-electron chi connectivity index (χ1n) is 4.29. The number of aliphatic hydroxyl groups excluding tert-OH is 2. The van der Waals surface area contributed by atoms with Gasteiger partial charge in [0.1, 0.15) is 0 Å². The third-order valence-electron chi connectivity index (χ3n) is 2.18. The van der Waals surface area contributed by atoms with Crippen molar-refractivity contribution in [1.29, 1.82) is 0 Å². The highest BCUT2D eigenvalue weighted by molar-refractivity contribution is 5.88. The van der Waals surface area contributed by atoms with Crippen molar-refractivity contribution >= 4 is 5.97 Å². The van der Waals surface area contributed by atoms with E-state index in [0.29, 0.717) is 0 Å². The monoisotopic (exact) mass is 213 g/mol. The SMILES string of the molecule is COC(=O)C1=C[C@@H](N=[N+]=[N-])[C@@H](O)[C@H](O)C1. The molecule has 15 heavy (non-hydrogen) atoms. The number of aliphatic hydroxyl groups is 2. The van der Waals surface area contributed by atoms with Gasteiger partial charge >= 0.3 is 5.97 Å². The molecule has 1 rings (SSSR count). The zero-order valence-electron chi connectivity index (χ0n) is 8.07. The van der Waals surface area contributed by atoms with E-state index in [-0.39, 0.29) is 12.0 Å². The van der Waals surface area contributed by atoms with E-state index in [0.717, 1.165) is 0 Å². The van der Waals surface area contributed by atoms with Gasteiger partial charge in [0.25, 0.3) is 0 Å². The highest BCUT2D eigenvalue weighted by Crippen LogP contribution is 2.22. The van der Waals surface area contributed by atoms with Crippen molar-refractivity contribution in [1.82, 2.24) is 0 Å². The molecule has 0 unspecified atom stereocenters. The molecule has 2 N–H and O–H groups in total. The van der Waals surface area contributed by atoms with Crippen LogP contribution in [0.15, 0.2) is 16.8 Å². The minimum atomic E-state index is -1.19. The third-order valence-corrected chi connectivity index (χ3v) is 2.18. The number of esters is 1. The predicted octanol–water partition coefficient (Wildman–Crippen LogP) is -0.110. The molecule has 1 aliphatic carbocycles. The van der Waals surface area contributed by atoms with Crippen molar-refractivity contribution in [2.24, 2.45) is 5.11 Å². The van der Waals surface area contributed by atoms with Crippen molar-refractivity contribution < 1.29 is 19.7 Å². The summed E-state index contributed by atoms with van der Waals surface area (Å²) in [6, 6.07) is -0.937. The van der Waals surface area contributed by atoms with E-state index in [1.54, 1.807) is 0 Å². The average molecular weight is 213 g/mol. The summed E-state index contributed by atoms with van der Waals surface area (Å²) in [5, 5.41) is 22.1. The van der Waals surface area contributed by atoms with Gasteiger partial charge in [0.05, 0.1) is 25.4 Å². The van der Waals surface area contributed by atoms with Crippen LogP contribution in [0.1, 0.15) is 6.42 Å². The van der Waals surface area contributed by atoms with Gasteiger partial charge in [-0.2, -0.15) is 0 Å². The van der Waals surface area contributed by atoms with Crippen molar-refractivity contribution in [2.45, 2.75) is 24.7 Å². The van der Waals surface area contributed by atoms with Crippen molar-refractivity contribution in [3.63, 3.8) is 0 Å². The standard InChI is InChI=1S/C8H11N3O4/c1-15-8(14)4-2-5(10-11-9)7(13)6(12)3-4/h2,5-7,12-13H,3H2,1H3/t5-,6-,7-/m1/s1. The van der Waals surface area contributed by atoms with Gasteiger partial charge in [-0.3, -0.25) is 0 Å². The molecule has 7 nitrogen and oxygen atoms in total. The molecule has 0 heterocycles. The van der Waals surface area contributed by atoms with Crippen molar-refractivity contribution in [2.75, 3.05) is 7.11 Å². The molecule has 1 aliphatic rings. The quantitative estimate of drug-likeness (QED) is 0.288. The van der Waals surface area contributed by atoms with Crippen LogP contribution in [0, 0.1) is 0 Å². The Hall–Kier alpha value is -1.56. The Morgan fingerprint density at radius 2 is 2.40 bits per heavy atom. The smallest absolute Gasteiger partial charge is 0.333 e. The molecule has 0 amide bonds. The second-order valence-electron chi connectivity index (χ2n) is 3.14.